The maximum atomic E-state index is 13.0. The summed E-state index contributed by atoms with van der Waals surface area (Å²) in [5, 5.41) is 9.57. The molecule has 2 aliphatic heterocycles. The number of pyridine rings is 1. The molecule has 2 fully saturated rings. The van der Waals surface area contributed by atoms with Crippen molar-refractivity contribution in [2.45, 2.75) is 51.0 Å². The van der Waals surface area contributed by atoms with Crippen LogP contribution in [0.25, 0.3) is 0 Å². The summed E-state index contributed by atoms with van der Waals surface area (Å²) in [5.74, 6) is 0.358. The topological polar surface area (TPSA) is 73.7 Å². The Hall–Kier alpha value is -1.82. The van der Waals surface area contributed by atoms with Gasteiger partial charge in [-0.3, -0.25) is 9.59 Å². The highest BCUT2D eigenvalue weighted by atomic mass is 35.5. The third kappa shape index (κ3) is 4.67. The van der Waals surface area contributed by atoms with Gasteiger partial charge < -0.3 is 14.9 Å². The number of halogens is 1. The maximum absolute atomic E-state index is 13.0. The third-order valence-electron chi connectivity index (χ3n) is 5.48. The van der Waals surface area contributed by atoms with Gasteiger partial charge in [0.15, 0.2) is 0 Å². The van der Waals surface area contributed by atoms with Crippen LogP contribution < -0.4 is 4.90 Å². The van der Waals surface area contributed by atoms with Gasteiger partial charge in [-0.1, -0.05) is 11.6 Å². The van der Waals surface area contributed by atoms with Crippen LogP contribution in [0, 0.1) is 5.92 Å². The molecule has 6 nitrogen and oxygen atoms in total. The molecule has 0 spiro atoms. The van der Waals surface area contributed by atoms with Crippen LogP contribution in [-0.4, -0.2) is 52.5 Å². The van der Waals surface area contributed by atoms with E-state index < -0.39 is 5.97 Å². The van der Waals surface area contributed by atoms with Gasteiger partial charge in [-0.05, 0) is 50.7 Å². The Morgan fingerprint density at radius 2 is 1.92 bits per heavy atom. The zero-order chi connectivity index (χ0) is 18.5. The van der Waals surface area contributed by atoms with E-state index in [2.05, 4.69) is 9.88 Å². The van der Waals surface area contributed by atoms with Crippen LogP contribution in [0.2, 0.25) is 5.02 Å². The number of rotatable bonds is 5. The monoisotopic (exact) mass is 379 g/mol. The van der Waals surface area contributed by atoms with Gasteiger partial charge in [0.2, 0.25) is 5.91 Å². The summed E-state index contributed by atoms with van der Waals surface area (Å²) in [6, 6.07) is 3.84. The predicted molar refractivity (Wildman–Crippen MR) is 100 cm³/mol. The van der Waals surface area contributed by atoms with Crippen LogP contribution in [0.15, 0.2) is 18.3 Å². The van der Waals surface area contributed by atoms with Crippen molar-refractivity contribution in [1.29, 1.82) is 0 Å². The van der Waals surface area contributed by atoms with E-state index in [9.17, 15) is 9.59 Å². The molecule has 0 unspecified atom stereocenters. The number of anilines is 1. The molecule has 26 heavy (non-hydrogen) atoms. The van der Waals surface area contributed by atoms with Crippen molar-refractivity contribution in [2.24, 2.45) is 5.92 Å². The Kier molecular flexibility index (Phi) is 6.35. The first-order valence-electron chi connectivity index (χ1n) is 9.43. The van der Waals surface area contributed by atoms with Crippen LogP contribution in [-0.2, 0) is 9.59 Å². The standard InChI is InChI=1S/C19H26ClN3O3/c20-15-4-6-17(21-13-15)22-11-8-14(9-12-22)19(26)23-10-2-1-3-16(23)5-7-18(24)25/h4,6,13-14,16H,1-3,5,7-12H2,(H,24,25)/t16-/m0/s1. The number of nitrogens with zero attached hydrogens (tertiary/aromatic N) is 3. The number of carboxylic acid groups (broad SMARTS) is 1. The fraction of sp³-hybridized carbons (Fsp3) is 0.632. The van der Waals surface area contributed by atoms with E-state index in [4.69, 9.17) is 16.7 Å². The minimum absolute atomic E-state index is 0.0315. The van der Waals surface area contributed by atoms with Gasteiger partial charge in [0.1, 0.15) is 5.82 Å². The molecule has 0 saturated carbocycles. The van der Waals surface area contributed by atoms with Crippen LogP contribution in [0.4, 0.5) is 5.82 Å². The maximum Gasteiger partial charge on any atom is 0.303 e. The molecule has 3 rings (SSSR count). The van der Waals surface area contributed by atoms with Crippen LogP contribution in [0.1, 0.15) is 44.9 Å². The van der Waals surface area contributed by atoms with Gasteiger partial charge in [0, 0.05) is 44.2 Å². The largest absolute Gasteiger partial charge is 0.481 e. The Bertz CT molecular complexity index is 629. The molecule has 0 bridgehead atoms. The molecular formula is C19H26ClN3O3. The summed E-state index contributed by atoms with van der Waals surface area (Å²) in [4.78, 5) is 32.4. The number of likely N-dealkylation sites (tertiary alicyclic amines) is 1. The predicted octanol–water partition coefficient (Wildman–Crippen LogP) is 3.20. The zero-order valence-electron chi connectivity index (χ0n) is 14.9. The number of piperidine rings is 2. The number of hydrogen-bond donors (Lipinski definition) is 1. The molecule has 1 atom stereocenters. The Labute approximate surface area is 159 Å². The van der Waals surface area contributed by atoms with E-state index >= 15 is 0 Å². The highest BCUT2D eigenvalue weighted by Gasteiger charge is 2.33. The van der Waals surface area contributed by atoms with Gasteiger partial charge in [-0.25, -0.2) is 4.98 Å². The Morgan fingerprint density at radius 1 is 1.15 bits per heavy atom. The van der Waals surface area contributed by atoms with Crippen molar-refractivity contribution in [2.75, 3.05) is 24.5 Å². The minimum atomic E-state index is -0.785. The summed E-state index contributed by atoms with van der Waals surface area (Å²) in [7, 11) is 0. The van der Waals surface area contributed by atoms with E-state index in [-0.39, 0.29) is 24.3 Å². The lowest BCUT2D eigenvalue weighted by atomic mass is 9.91. The minimum Gasteiger partial charge on any atom is -0.481 e. The number of carbonyl (C=O) groups is 2. The summed E-state index contributed by atoms with van der Waals surface area (Å²) in [6.07, 6.45) is 6.99. The zero-order valence-corrected chi connectivity index (χ0v) is 15.7. The fourth-order valence-electron chi connectivity index (χ4n) is 4.03. The normalized spacial score (nSPS) is 21.7. The second kappa shape index (κ2) is 8.71. The molecule has 2 aliphatic rings. The van der Waals surface area contributed by atoms with Crippen molar-refractivity contribution in [3.8, 4) is 0 Å². The molecule has 0 aromatic carbocycles. The molecule has 1 amide bonds. The van der Waals surface area contributed by atoms with Crippen LogP contribution >= 0.6 is 11.6 Å². The molecular weight excluding hydrogens is 354 g/mol. The average Bonchev–Trinajstić information content (AvgIpc) is 2.67. The Balaban J connectivity index is 1.56. The van der Waals surface area contributed by atoms with Crippen molar-refractivity contribution in [1.82, 2.24) is 9.88 Å². The highest BCUT2D eigenvalue weighted by molar-refractivity contribution is 6.30. The molecule has 0 radical (unpaired) electrons. The molecule has 2 saturated heterocycles. The summed E-state index contributed by atoms with van der Waals surface area (Å²) < 4.78 is 0. The van der Waals surface area contributed by atoms with Crippen molar-refractivity contribution >= 4 is 29.3 Å². The Morgan fingerprint density at radius 3 is 2.58 bits per heavy atom. The average molecular weight is 380 g/mol. The number of aliphatic carboxylic acids is 1. The second-order valence-electron chi connectivity index (χ2n) is 7.21. The fourth-order valence-corrected chi connectivity index (χ4v) is 4.14. The molecule has 1 aromatic heterocycles. The first-order valence-corrected chi connectivity index (χ1v) is 9.81. The number of amides is 1. The molecule has 142 valence electrons. The molecule has 1 N–H and O–H groups in total. The number of carboxylic acids is 1. The van der Waals surface area contributed by atoms with Gasteiger partial charge in [-0.15, -0.1) is 0 Å². The number of aromatic nitrogens is 1. The van der Waals surface area contributed by atoms with E-state index in [0.29, 0.717) is 11.4 Å². The third-order valence-corrected chi connectivity index (χ3v) is 5.71. The van der Waals surface area contributed by atoms with E-state index in [0.717, 1.165) is 57.6 Å². The molecule has 0 aliphatic carbocycles. The van der Waals surface area contributed by atoms with E-state index in [1.165, 1.54) is 0 Å². The first-order chi connectivity index (χ1) is 12.5. The summed E-state index contributed by atoms with van der Waals surface area (Å²) in [5.41, 5.74) is 0. The van der Waals surface area contributed by atoms with Crippen molar-refractivity contribution in [3.63, 3.8) is 0 Å². The lowest BCUT2D eigenvalue weighted by molar-refractivity contribution is -0.142. The lowest BCUT2D eigenvalue weighted by Crippen LogP contribution is -2.49. The van der Waals surface area contributed by atoms with Gasteiger partial charge in [0.05, 0.1) is 5.02 Å². The van der Waals surface area contributed by atoms with Gasteiger partial charge >= 0.3 is 5.97 Å². The quantitative estimate of drug-likeness (QED) is 0.850. The van der Waals surface area contributed by atoms with Crippen LogP contribution in [0.5, 0.6) is 0 Å². The molecule has 7 heteroatoms. The lowest BCUT2D eigenvalue weighted by Gasteiger charge is -2.40. The summed E-state index contributed by atoms with van der Waals surface area (Å²) >= 11 is 5.89. The summed E-state index contributed by atoms with van der Waals surface area (Å²) in [6.45, 7) is 2.37. The number of carbonyl (C=O) groups excluding carboxylic acids is 1. The van der Waals surface area contributed by atoms with E-state index in [1.807, 2.05) is 17.0 Å². The molecule has 1 aromatic rings. The van der Waals surface area contributed by atoms with Gasteiger partial charge in [0.25, 0.3) is 0 Å². The van der Waals surface area contributed by atoms with Gasteiger partial charge in [-0.2, -0.15) is 0 Å². The second-order valence-corrected chi connectivity index (χ2v) is 7.65. The smallest absolute Gasteiger partial charge is 0.303 e. The van der Waals surface area contributed by atoms with Crippen LogP contribution in [0.3, 0.4) is 0 Å². The van der Waals surface area contributed by atoms with E-state index in [1.54, 1.807) is 6.20 Å². The molecule has 3 heterocycles. The highest BCUT2D eigenvalue weighted by Crippen LogP contribution is 2.28. The van der Waals surface area contributed by atoms with Crippen molar-refractivity contribution < 1.29 is 14.7 Å². The first kappa shape index (κ1) is 19.0. The number of hydrogen-bond acceptors (Lipinski definition) is 4. The SMILES string of the molecule is O=C(O)CC[C@@H]1CCCCN1C(=O)C1CCN(c2ccc(Cl)cn2)CC1. The van der Waals surface area contributed by atoms with Crippen molar-refractivity contribution in [3.05, 3.63) is 23.4 Å².